The van der Waals surface area contributed by atoms with E-state index in [0.29, 0.717) is 60.0 Å². The molecule has 0 spiro atoms. The second-order valence-corrected chi connectivity index (χ2v) is 13.9. The Morgan fingerprint density at radius 1 is 1.14 bits per heavy atom. The van der Waals surface area contributed by atoms with E-state index < -0.39 is 33.7 Å². The first kappa shape index (κ1) is 28.5. The van der Waals surface area contributed by atoms with Crippen molar-refractivity contribution < 1.29 is 31.1 Å². The number of ether oxygens (including phenoxy) is 1. The number of alkyl halides is 3. The fourth-order valence-electron chi connectivity index (χ4n) is 6.18. The molecule has 3 aliphatic rings. The molecule has 3 fully saturated rings. The second-order valence-electron chi connectivity index (χ2n) is 11.3. The quantitative estimate of drug-likeness (QED) is 0.312. The predicted molar refractivity (Wildman–Crippen MR) is 151 cm³/mol. The summed E-state index contributed by atoms with van der Waals surface area (Å²) in [5.74, 6) is 0.551. The number of hydrogen-bond acceptors (Lipinski definition) is 9. The number of amides is 1. The zero-order valence-corrected chi connectivity index (χ0v) is 24.6. The molecule has 2 saturated heterocycles. The summed E-state index contributed by atoms with van der Waals surface area (Å²) in [6.07, 6.45) is 4.35. The molecule has 7 rings (SSSR count). The summed E-state index contributed by atoms with van der Waals surface area (Å²) in [7, 11) is -4.26. The Hall–Kier alpha value is -3.28. The van der Waals surface area contributed by atoms with E-state index in [4.69, 9.17) is 4.74 Å². The van der Waals surface area contributed by atoms with Crippen LogP contribution in [0.3, 0.4) is 0 Å². The number of imidazole rings is 2. The predicted octanol–water partition coefficient (Wildman–Crippen LogP) is 2.92. The number of halogens is 3. The van der Waals surface area contributed by atoms with Crippen LogP contribution in [0, 0.1) is 5.92 Å². The molecule has 0 bridgehead atoms. The van der Waals surface area contributed by atoms with E-state index in [1.165, 1.54) is 16.7 Å². The number of anilines is 1. The molecule has 1 aliphatic carbocycles. The van der Waals surface area contributed by atoms with Crippen LogP contribution >= 0.6 is 11.3 Å². The number of piperazine rings is 1. The number of nitrogens with one attached hydrogen (secondary N) is 1. The Balaban J connectivity index is 1.34. The molecule has 0 radical (unpaired) electrons. The number of carbonyl (C=O) groups is 1. The van der Waals surface area contributed by atoms with Gasteiger partial charge in [0.1, 0.15) is 12.2 Å². The van der Waals surface area contributed by atoms with Crippen LogP contribution in [0.25, 0.3) is 21.9 Å². The third-order valence-electron chi connectivity index (χ3n) is 8.46. The van der Waals surface area contributed by atoms with E-state index in [1.807, 2.05) is 9.80 Å². The van der Waals surface area contributed by atoms with Gasteiger partial charge in [-0.2, -0.15) is 4.72 Å². The third kappa shape index (κ3) is 4.85. The Morgan fingerprint density at radius 3 is 2.51 bits per heavy atom. The first-order chi connectivity index (χ1) is 20.7. The molecule has 2 aliphatic heterocycles. The van der Waals surface area contributed by atoms with Gasteiger partial charge in [0.2, 0.25) is 26.8 Å². The zero-order valence-electron chi connectivity index (χ0n) is 23.0. The summed E-state index contributed by atoms with van der Waals surface area (Å²) >= 11 is 0.677. The van der Waals surface area contributed by atoms with Gasteiger partial charge in [-0.3, -0.25) is 13.8 Å². The zero-order chi connectivity index (χ0) is 29.9. The maximum Gasteiger partial charge on any atom is 0.291 e. The monoisotopic (exact) mass is 638 g/mol. The molecule has 43 heavy (non-hydrogen) atoms. The van der Waals surface area contributed by atoms with Crippen LogP contribution in [-0.4, -0.2) is 95.0 Å². The van der Waals surface area contributed by atoms with Gasteiger partial charge in [-0.25, -0.2) is 26.6 Å². The Labute approximate surface area is 248 Å². The first-order valence-corrected chi connectivity index (χ1v) is 16.3. The van der Waals surface area contributed by atoms with Gasteiger partial charge in [0.05, 0.1) is 34.8 Å². The summed E-state index contributed by atoms with van der Waals surface area (Å²) in [6.45, 7) is 0.696. The summed E-state index contributed by atoms with van der Waals surface area (Å²) in [4.78, 5) is 21.2. The van der Waals surface area contributed by atoms with Gasteiger partial charge in [0, 0.05) is 44.5 Å². The number of hydrogen-bond donors (Lipinski definition) is 1. The van der Waals surface area contributed by atoms with Crippen molar-refractivity contribution in [2.24, 2.45) is 5.92 Å². The van der Waals surface area contributed by atoms with Gasteiger partial charge in [0.15, 0.2) is 5.01 Å². The topological polar surface area (TPSA) is 127 Å². The Morgan fingerprint density at radius 2 is 1.88 bits per heavy atom. The maximum atomic E-state index is 13.9. The highest BCUT2D eigenvalue weighted by Crippen LogP contribution is 2.37. The van der Waals surface area contributed by atoms with Crippen LogP contribution in [0.4, 0.5) is 18.9 Å². The fraction of sp³-hybridized carbons (Fsp3) is 0.538. The lowest BCUT2D eigenvalue weighted by Gasteiger charge is -2.39. The second kappa shape index (κ2) is 10.7. The molecule has 1 amide bonds. The summed E-state index contributed by atoms with van der Waals surface area (Å²) in [6, 6.07) is 2.93. The average molecular weight is 639 g/mol. The molecule has 0 atom stereocenters. The SMILES string of the molecule is O=C(C1CCCC1)N1CCN(c2cc(S(=O)(=O)NC3(CF)COC3)cc3c2n2ccnc2n3-c2nnc(C(F)F)s2)CC1. The number of benzene rings is 1. The molecular formula is C26H29F3N8O4S2. The van der Waals surface area contributed by atoms with Crippen LogP contribution in [0.5, 0.6) is 0 Å². The van der Waals surface area contributed by atoms with Crippen molar-refractivity contribution in [3.63, 3.8) is 0 Å². The van der Waals surface area contributed by atoms with E-state index in [9.17, 15) is 26.4 Å². The number of carbonyl (C=O) groups excluding carboxylic acids is 1. The van der Waals surface area contributed by atoms with Crippen LogP contribution in [0.1, 0.15) is 37.1 Å². The molecule has 1 saturated carbocycles. The Bertz CT molecular complexity index is 1780. The molecule has 1 aromatic carbocycles. The minimum absolute atomic E-state index is 0.0563. The highest BCUT2D eigenvalue weighted by Gasteiger charge is 2.43. The van der Waals surface area contributed by atoms with Crippen molar-refractivity contribution in [1.82, 2.24) is 33.8 Å². The molecule has 17 heteroatoms. The van der Waals surface area contributed by atoms with E-state index in [0.717, 1.165) is 25.7 Å². The molecular weight excluding hydrogens is 609 g/mol. The van der Waals surface area contributed by atoms with E-state index >= 15 is 0 Å². The summed E-state index contributed by atoms with van der Waals surface area (Å²) in [5.41, 5.74) is 0.122. The van der Waals surface area contributed by atoms with Crippen molar-refractivity contribution in [3.05, 3.63) is 29.5 Å². The van der Waals surface area contributed by atoms with Crippen LogP contribution in [0.2, 0.25) is 0 Å². The standard InChI is InChI=1S/C26H29F3N8O4S2/c27-13-26(14-41-15-26)33-43(39,40)17-11-18(34-7-9-35(10-8-34)23(38)16-3-1-2-4-16)20-19(12-17)37(24-30-5-6-36(20)24)25-32-31-22(42-25)21(28)29/h5-6,11-12,16,21,33H,1-4,7-10,13-15H2. The molecule has 12 nitrogen and oxygen atoms in total. The van der Waals surface area contributed by atoms with Gasteiger partial charge in [-0.15, -0.1) is 10.2 Å². The number of nitrogens with zero attached hydrogens (tertiary/aromatic N) is 7. The highest BCUT2D eigenvalue weighted by atomic mass is 32.2. The van der Waals surface area contributed by atoms with Crippen molar-refractivity contribution in [1.29, 1.82) is 0 Å². The van der Waals surface area contributed by atoms with Crippen molar-refractivity contribution in [2.45, 2.75) is 42.5 Å². The number of aromatic nitrogens is 5. The minimum atomic E-state index is -4.26. The van der Waals surface area contributed by atoms with Crippen LogP contribution in [-0.2, 0) is 19.6 Å². The minimum Gasteiger partial charge on any atom is -0.377 e. The third-order valence-corrected chi connectivity index (χ3v) is 10.9. The largest absolute Gasteiger partial charge is 0.377 e. The van der Waals surface area contributed by atoms with Crippen molar-refractivity contribution in [2.75, 3.05) is 51.0 Å². The van der Waals surface area contributed by atoms with E-state index in [1.54, 1.807) is 16.8 Å². The summed E-state index contributed by atoms with van der Waals surface area (Å²) < 4.78 is 79.0. The molecule has 3 aromatic heterocycles. The molecule has 0 unspecified atom stereocenters. The van der Waals surface area contributed by atoms with Gasteiger partial charge >= 0.3 is 0 Å². The lowest BCUT2D eigenvalue weighted by atomic mass is 10.0. The number of rotatable bonds is 8. The molecule has 4 aromatic rings. The lowest BCUT2D eigenvalue weighted by molar-refractivity contribution is -0.135. The van der Waals surface area contributed by atoms with Gasteiger partial charge in [0.25, 0.3) is 6.43 Å². The molecule has 5 heterocycles. The van der Waals surface area contributed by atoms with Crippen molar-refractivity contribution >= 4 is 49.8 Å². The lowest BCUT2D eigenvalue weighted by Crippen LogP contribution is -2.63. The molecule has 230 valence electrons. The fourth-order valence-corrected chi connectivity index (χ4v) is 8.29. The summed E-state index contributed by atoms with van der Waals surface area (Å²) in [5, 5.41) is 7.19. The van der Waals surface area contributed by atoms with Crippen LogP contribution in [0.15, 0.2) is 29.4 Å². The average Bonchev–Trinajstić information content (AvgIpc) is 3.79. The Kier molecular flexibility index (Phi) is 7.10. The van der Waals surface area contributed by atoms with Crippen molar-refractivity contribution in [3.8, 4) is 5.13 Å². The number of sulfonamides is 1. The van der Waals surface area contributed by atoms with E-state index in [2.05, 4.69) is 19.9 Å². The smallest absolute Gasteiger partial charge is 0.291 e. The molecule has 1 N–H and O–H groups in total. The van der Waals surface area contributed by atoms with Crippen LogP contribution < -0.4 is 9.62 Å². The van der Waals surface area contributed by atoms with Gasteiger partial charge in [-0.1, -0.05) is 24.2 Å². The van der Waals surface area contributed by atoms with Gasteiger partial charge < -0.3 is 14.5 Å². The first-order valence-electron chi connectivity index (χ1n) is 14.0. The van der Waals surface area contributed by atoms with Gasteiger partial charge in [-0.05, 0) is 25.0 Å². The normalized spacial score (nSPS) is 19.6. The maximum absolute atomic E-state index is 13.9. The highest BCUT2D eigenvalue weighted by molar-refractivity contribution is 7.89. The van der Waals surface area contributed by atoms with E-state index in [-0.39, 0.29) is 35.1 Å². The number of fused-ring (bicyclic) bond motifs is 3.